The molecule has 0 radical (unpaired) electrons. The van der Waals surface area contributed by atoms with Crippen molar-refractivity contribution < 1.29 is 14.7 Å². The number of nitrogens with one attached hydrogen (secondary N) is 1. The lowest BCUT2D eigenvalue weighted by Gasteiger charge is -2.16. The first kappa shape index (κ1) is 15.0. The first-order valence-corrected chi connectivity index (χ1v) is 7.32. The van der Waals surface area contributed by atoms with Crippen LogP contribution in [0.2, 0.25) is 0 Å². The molecule has 0 bridgehead atoms. The van der Waals surface area contributed by atoms with Gasteiger partial charge < -0.3 is 15.3 Å². The molecule has 20 heavy (non-hydrogen) atoms. The van der Waals surface area contributed by atoms with Crippen molar-refractivity contribution >= 4 is 27.7 Å². The summed E-state index contributed by atoms with van der Waals surface area (Å²) in [7, 11) is 0. The summed E-state index contributed by atoms with van der Waals surface area (Å²) in [5.41, 5.74) is 0.509. The highest BCUT2D eigenvalue weighted by Crippen LogP contribution is 2.16. The third-order valence-corrected chi connectivity index (χ3v) is 4.11. The van der Waals surface area contributed by atoms with Gasteiger partial charge in [0.2, 0.25) is 5.91 Å². The quantitative estimate of drug-likeness (QED) is 0.859. The van der Waals surface area contributed by atoms with Gasteiger partial charge in [0.25, 0.3) is 5.91 Å². The molecule has 1 heterocycles. The summed E-state index contributed by atoms with van der Waals surface area (Å²) in [6.07, 6.45) is 0.820. The molecule has 0 aliphatic carbocycles. The van der Waals surface area contributed by atoms with Crippen molar-refractivity contribution in [2.75, 3.05) is 26.2 Å². The normalized spacial score (nSPS) is 18.1. The smallest absolute Gasteiger partial charge is 0.252 e. The molecule has 5 nitrogen and oxygen atoms in total. The van der Waals surface area contributed by atoms with Gasteiger partial charge in [0, 0.05) is 30.1 Å². The minimum Gasteiger partial charge on any atom is -0.396 e. The van der Waals surface area contributed by atoms with E-state index in [4.69, 9.17) is 5.11 Å². The Morgan fingerprint density at radius 1 is 1.40 bits per heavy atom. The van der Waals surface area contributed by atoms with Crippen LogP contribution in [0.25, 0.3) is 0 Å². The number of hydrogen-bond donors (Lipinski definition) is 2. The van der Waals surface area contributed by atoms with Crippen LogP contribution in [0.5, 0.6) is 0 Å². The number of halogens is 1. The van der Waals surface area contributed by atoms with Crippen LogP contribution in [0.3, 0.4) is 0 Å². The van der Waals surface area contributed by atoms with E-state index in [1.54, 1.807) is 23.1 Å². The van der Waals surface area contributed by atoms with Crippen molar-refractivity contribution in [1.29, 1.82) is 0 Å². The number of aliphatic hydroxyl groups is 1. The average molecular weight is 341 g/mol. The number of hydrogen-bond acceptors (Lipinski definition) is 3. The van der Waals surface area contributed by atoms with Gasteiger partial charge in [-0.1, -0.05) is 12.1 Å². The van der Waals surface area contributed by atoms with Crippen molar-refractivity contribution in [3.63, 3.8) is 0 Å². The predicted molar refractivity (Wildman–Crippen MR) is 78.2 cm³/mol. The Morgan fingerprint density at radius 2 is 2.15 bits per heavy atom. The molecule has 2 amide bonds. The molecule has 0 spiro atoms. The molecule has 1 aromatic carbocycles. The van der Waals surface area contributed by atoms with Crippen LogP contribution in [-0.2, 0) is 4.79 Å². The summed E-state index contributed by atoms with van der Waals surface area (Å²) in [5.74, 6) is -0.219. The lowest BCUT2D eigenvalue weighted by Crippen LogP contribution is -2.39. The number of likely N-dealkylation sites (tertiary alicyclic amines) is 1. The Bertz CT molecular complexity index is 507. The van der Waals surface area contributed by atoms with Gasteiger partial charge in [-0.15, -0.1) is 0 Å². The summed E-state index contributed by atoms with van der Waals surface area (Å²) in [6.45, 7) is 1.31. The molecule has 1 unspecified atom stereocenters. The van der Waals surface area contributed by atoms with Gasteiger partial charge >= 0.3 is 0 Å². The fourth-order valence-corrected chi connectivity index (χ4v) is 2.68. The van der Waals surface area contributed by atoms with Crippen LogP contribution >= 0.6 is 15.9 Å². The highest BCUT2D eigenvalue weighted by atomic mass is 79.9. The van der Waals surface area contributed by atoms with Crippen LogP contribution in [-0.4, -0.2) is 48.1 Å². The van der Waals surface area contributed by atoms with Crippen molar-refractivity contribution in [3.05, 3.63) is 34.3 Å². The molecule has 0 aromatic heterocycles. The largest absolute Gasteiger partial charge is 0.396 e. The van der Waals surface area contributed by atoms with Crippen LogP contribution in [0.1, 0.15) is 16.8 Å². The number of amides is 2. The minimum absolute atomic E-state index is 0.0156. The fraction of sp³-hybridized carbons (Fsp3) is 0.429. The van der Waals surface area contributed by atoms with Crippen molar-refractivity contribution in [2.24, 2.45) is 5.92 Å². The topological polar surface area (TPSA) is 69.6 Å². The van der Waals surface area contributed by atoms with E-state index < -0.39 is 0 Å². The lowest BCUT2D eigenvalue weighted by atomic mass is 10.1. The molecule has 1 aliphatic heterocycles. The van der Waals surface area contributed by atoms with Gasteiger partial charge in [0.15, 0.2) is 0 Å². The zero-order valence-electron chi connectivity index (χ0n) is 11.0. The summed E-state index contributed by atoms with van der Waals surface area (Å²) in [5, 5.41) is 11.7. The molecule has 6 heteroatoms. The monoisotopic (exact) mass is 340 g/mol. The van der Waals surface area contributed by atoms with E-state index in [-0.39, 0.29) is 30.9 Å². The summed E-state index contributed by atoms with van der Waals surface area (Å²) < 4.78 is 0.700. The van der Waals surface area contributed by atoms with Gasteiger partial charge in [0.1, 0.15) is 0 Å². The van der Waals surface area contributed by atoms with Crippen LogP contribution in [0, 0.1) is 5.92 Å². The second kappa shape index (κ2) is 6.85. The number of benzene rings is 1. The standard InChI is InChI=1S/C14H17BrN2O3/c15-12-4-2-1-3-11(12)14(20)16-7-13(19)17-6-5-10(8-17)9-18/h1-4,10,18H,5-9H2,(H,16,20). The maximum atomic E-state index is 12.0. The summed E-state index contributed by atoms with van der Waals surface area (Å²) in [6, 6.07) is 7.07. The SMILES string of the molecule is O=C(NCC(=O)N1CCC(CO)C1)c1ccccc1Br. The molecule has 108 valence electrons. The minimum atomic E-state index is -0.274. The van der Waals surface area contributed by atoms with Crippen LogP contribution < -0.4 is 5.32 Å². The molecular formula is C14H17BrN2O3. The summed E-state index contributed by atoms with van der Waals surface area (Å²) >= 11 is 3.30. The predicted octanol–water partition coefficient (Wildman–Crippen LogP) is 1.02. The Balaban J connectivity index is 1.85. The Kier molecular flexibility index (Phi) is 5.14. The molecule has 1 saturated heterocycles. The fourth-order valence-electron chi connectivity index (χ4n) is 2.22. The van der Waals surface area contributed by atoms with Crippen molar-refractivity contribution in [1.82, 2.24) is 10.2 Å². The second-order valence-corrected chi connectivity index (χ2v) is 5.69. The van der Waals surface area contributed by atoms with Gasteiger partial charge in [-0.25, -0.2) is 0 Å². The van der Waals surface area contributed by atoms with E-state index in [1.165, 1.54) is 0 Å². The molecule has 1 atom stereocenters. The molecular weight excluding hydrogens is 324 g/mol. The third-order valence-electron chi connectivity index (χ3n) is 3.42. The van der Waals surface area contributed by atoms with E-state index in [9.17, 15) is 9.59 Å². The Hall–Kier alpha value is -1.40. The zero-order chi connectivity index (χ0) is 14.5. The Morgan fingerprint density at radius 3 is 2.80 bits per heavy atom. The van der Waals surface area contributed by atoms with Gasteiger partial charge in [-0.2, -0.15) is 0 Å². The van der Waals surface area contributed by atoms with E-state index in [0.29, 0.717) is 23.1 Å². The van der Waals surface area contributed by atoms with Gasteiger partial charge in [-0.3, -0.25) is 9.59 Å². The van der Waals surface area contributed by atoms with Crippen LogP contribution in [0.15, 0.2) is 28.7 Å². The highest BCUT2D eigenvalue weighted by Gasteiger charge is 2.25. The van der Waals surface area contributed by atoms with Crippen molar-refractivity contribution in [2.45, 2.75) is 6.42 Å². The van der Waals surface area contributed by atoms with E-state index >= 15 is 0 Å². The van der Waals surface area contributed by atoms with Crippen LogP contribution in [0.4, 0.5) is 0 Å². The van der Waals surface area contributed by atoms with E-state index in [2.05, 4.69) is 21.2 Å². The molecule has 1 fully saturated rings. The number of aliphatic hydroxyl groups excluding tert-OH is 1. The number of rotatable bonds is 4. The number of nitrogens with zero attached hydrogens (tertiary/aromatic N) is 1. The molecule has 0 saturated carbocycles. The summed E-state index contributed by atoms with van der Waals surface area (Å²) in [4.78, 5) is 25.6. The van der Waals surface area contributed by atoms with E-state index in [1.807, 2.05) is 6.07 Å². The Labute approximate surface area is 126 Å². The maximum Gasteiger partial charge on any atom is 0.252 e. The average Bonchev–Trinajstić information content (AvgIpc) is 2.94. The molecule has 2 N–H and O–H groups in total. The first-order chi connectivity index (χ1) is 9.61. The third kappa shape index (κ3) is 3.58. The van der Waals surface area contributed by atoms with Crippen molar-refractivity contribution in [3.8, 4) is 0 Å². The maximum absolute atomic E-state index is 12.0. The lowest BCUT2D eigenvalue weighted by molar-refractivity contribution is -0.129. The van der Waals surface area contributed by atoms with Gasteiger partial charge in [-0.05, 0) is 34.5 Å². The number of carbonyl (C=O) groups is 2. The second-order valence-electron chi connectivity index (χ2n) is 4.84. The van der Waals surface area contributed by atoms with E-state index in [0.717, 1.165) is 6.42 Å². The molecule has 1 aliphatic rings. The first-order valence-electron chi connectivity index (χ1n) is 6.53. The number of carbonyl (C=O) groups excluding carboxylic acids is 2. The molecule has 2 rings (SSSR count). The molecule has 1 aromatic rings. The zero-order valence-corrected chi connectivity index (χ0v) is 12.6. The van der Waals surface area contributed by atoms with Gasteiger partial charge in [0.05, 0.1) is 12.1 Å². The highest BCUT2D eigenvalue weighted by molar-refractivity contribution is 9.10.